The predicted octanol–water partition coefficient (Wildman–Crippen LogP) is 2.59. The molecule has 5 heteroatoms. The molecular weight excluding hydrogens is 254 g/mol. The van der Waals surface area contributed by atoms with Crippen LogP contribution in [0.25, 0.3) is 0 Å². The fourth-order valence-electron chi connectivity index (χ4n) is 2.55. The van der Waals surface area contributed by atoms with Crippen LogP contribution in [0.15, 0.2) is 30.5 Å². The highest BCUT2D eigenvalue weighted by Crippen LogP contribution is 2.28. The number of nitrogens with one attached hydrogen (secondary N) is 1. The first-order valence-corrected chi connectivity index (χ1v) is 6.52. The smallest absolute Gasteiger partial charge is 0.337 e. The molecular formula is C15H15N3O2. The maximum absolute atomic E-state index is 11.0. The van der Waals surface area contributed by atoms with E-state index in [1.54, 1.807) is 0 Å². The van der Waals surface area contributed by atoms with Gasteiger partial charge in [-0.15, -0.1) is 0 Å². The number of benzene rings is 1. The third-order valence-corrected chi connectivity index (χ3v) is 3.58. The first-order valence-electron chi connectivity index (χ1n) is 6.52. The number of hydrogen-bond acceptors (Lipinski definition) is 4. The van der Waals surface area contributed by atoms with Crippen molar-refractivity contribution in [3.8, 4) is 0 Å². The number of nitrogens with two attached hydrogens (primary N) is 1. The number of nitrogens with zero attached hydrogens (tertiary/aromatic N) is 1. The normalized spacial score (nSPS) is 13.0. The van der Waals surface area contributed by atoms with E-state index in [1.807, 2.05) is 6.07 Å². The maximum atomic E-state index is 11.0. The number of anilines is 3. The van der Waals surface area contributed by atoms with E-state index in [2.05, 4.69) is 22.4 Å². The van der Waals surface area contributed by atoms with E-state index in [1.165, 1.54) is 29.8 Å². The number of aryl methyl sites for hydroxylation is 2. The summed E-state index contributed by atoms with van der Waals surface area (Å²) in [7, 11) is 0. The summed E-state index contributed by atoms with van der Waals surface area (Å²) in [6, 6.07) is 7.54. The predicted molar refractivity (Wildman–Crippen MR) is 77.4 cm³/mol. The molecule has 0 saturated carbocycles. The fourth-order valence-corrected chi connectivity index (χ4v) is 2.55. The first-order chi connectivity index (χ1) is 9.65. The number of rotatable bonds is 3. The molecule has 1 aromatic carbocycles. The Morgan fingerprint density at radius 1 is 1.25 bits per heavy atom. The van der Waals surface area contributed by atoms with Gasteiger partial charge in [0.15, 0.2) is 5.82 Å². The topological polar surface area (TPSA) is 88.2 Å². The van der Waals surface area contributed by atoms with Crippen molar-refractivity contribution in [1.82, 2.24) is 4.98 Å². The monoisotopic (exact) mass is 269 g/mol. The van der Waals surface area contributed by atoms with Gasteiger partial charge in [-0.2, -0.15) is 0 Å². The zero-order chi connectivity index (χ0) is 14.1. The fraction of sp³-hybridized carbons (Fsp3) is 0.200. The lowest BCUT2D eigenvalue weighted by Gasteiger charge is -2.11. The van der Waals surface area contributed by atoms with Crippen molar-refractivity contribution < 1.29 is 9.90 Å². The standard InChI is InChI=1S/C15H15N3O2/c16-13-12(15(19)20)6-7-17-14(13)18-11-5-4-9-2-1-3-10(9)8-11/h4-8H,1-3,16H2,(H,17,18)(H,19,20). The molecule has 4 N–H and O–H groups in total. The minimum absolute atomic E-state index is 0.0589. The lowest BCUT2D eigenvalue weighted by molar-refractivity contribution is 0.0698. The molecule has 0 amide bonds. The number of carboxylic acid groups (broad SMARTS) is 1. The van der Waals surface area contributed by atoms with Crippen molar-refractivity contribution in [2.75, 3.05) is 11.1 Å². The summed E-state index contributed by atoms with van der Waals surface area (Å²) in [4.78, 5) is 15.2. The van der Waals surface area contributed by atoms with Gasteiger partial charge in [-0.05, 0) is 48.6 Å². The number of fused-ring (bicyclic) bond motifs is 1. The van der Waals surface area contributed by atoms with Crippen LogP contribution in [0.2, 0.25) is 0 Å². The number of aromatic carboxylic acids is 1. The Hall–Kier alpha value is -2.56. The minimum atomic E-state index is -1.05. The average Bonchev–Trinajstić information content (AvgIpc) is 2.88. The Morgan fingerprint density at radius 3 is 2.85 bits per heavy atom. The number of pyridine rings is 1. The van der Waals surface area contributed by atoms with Crippen LogP contribution < -0.4 is 11.1 Å². The Morgan fingerprint density at radius 2 is 2.05 bits per heavy atom. The van der Waals surface area contributed by atoms with Crippen LogP contribution in [0, 0.1) is 0 Å². The van der Waals surface area contributed by atoms with Crippen molar-refractivity contribution in [1.29, 1.82) is 0 Å². The summed E-state index contributed by atoms with van der Waals surface area (Å²) >= 11 is 0. The molecule has 0 fully saturated rings. The summed E-state index contributed by atoms with van der Waals surface area (Å²) in [5, 5.41) is 12.1. The van der Waals surface area contributed by atoms with E-state index in [-0.39, 0.29) is 11.3 Å². The first kappa shape index (κ1) is 12.5. The number of hydrogen-bond donors (Lipinski definition) is 3. The van der Waals surface area contributed by atoms with Crippen LogP contribution in [0.1, 0.15) is 27.9 Å². The Labute approximate surface area is 116 Å². The molecule has 20 heavy (non-hydrogen) atoms. The zero-order valence-corrected chi connectivity index (χ0v) is 10.9. The van der Waals surface area contributed by atoms with E-state index in [9.17, 15) is 4.79 Å². The molecule has 5 nitrogen and oxygen atoms in total. The molecule has 102 valence electrons. The molecule has 2 aromatic rings. The van der Waals surface area contributed by atoms with Crippen LogP contribution in [0.3, 0.4) is 0 Å². The van der Waals surface area contributed by atoms with Gasteiger partial charge in [0, 0.05) is 11.9 Å². The zero-order valence-electron chi connectivity index (χ0n) is 10.9. The van der Waals surface area contributed by atoms with Crippen molar-refractivity contribution in [2.24, 2.45) is 0 Å². The Bertz CT molecular complexity index is 683. The Kier molecular flexibility index (Phi) is 3.02. The summed E-state index contributed by atoms with van der Waals surface area (Å²) < 4.78 is 0. The molecule has 1 heterocycles. The summed E-state index contributed by atoms with van der Waals surface area (Å²) in [5.41, 5.74) is 9.65. The highest BCUT2D eigenvalue weighted by atomic mass is 16.4. The molecule has 3 rings (SSSR count). The second-order valence-electron chi connectivity index (χ2n) is 4.89. The van der Waals surface area contributed by atoms with Gasteiger partial charge in [0.05, 0.1) is 11.3 Å². The lowest BCUT2D eigenvalue weighted by atomic mass is 10.1. The number of carboxylic acids is 1. The van der Waals surface area contributed by atoms with E-state index >= 15 is 0 Å². The molecule has 0 spiro atoms. The van der Waals surface area contributed by atoms with Crippen LogP contribution >= 0.6 is 0 Å². The van der Waals surface area contributed by atoms with E-state index in [0.717, 1.165) is 18.5 Å². The summed E-state index contributed by atoms with van der Waals surface area (Å²) in [5.74, 6) is -0.676. The number of aromatic nitrogens is 1. The van der Waals surface area contributed by atoms with Gasteiger partial charge in [-0.3, -0.25) is 0 Å². The molecule has 0 bridgehead atoms. The third kappa shape index (κ3) is 2.18. The van der Waals surface area contributed by atoms with E-state index < -0.39 is 5.97 Å². The summed E-state index contributed by atoms with van der Waals surface area (Å²) in [6.07, 6.45) is 4.84. The molecule has 0 atom stereocenters. The van der Waals surface area contributed by atoms with Crippen LogP contribution in [-0.4, -0.2) is 16.1 Å². The lowest BCUT2D eigenvalue weighted by Crippen LogP contribution is -2.07. The van der Waals surface area contributed by atoms with E-state index in [0.29, 0.717) is 5.82 Å². The highest BCUT2D eigenvalue weighted by molar-refractivity contribution is 5.96. The van der Waals surface area contributed by atoms with Crippen molar-refractivity contribution in [3.63, 3.8) is 0 Å². The van der Waals surface area contributed by atoms with Gasteiger partial charge in [-0.1, -0.05) is 6.07 Å². The number of carbonyl (C=O) groups is 1. The molecule has 0 unspecified atom stereocenters. The van der Waals surface area contributed by atoms with Crippen LogP contribution in [0.4, 0.5) is 17.2 Å². The van der Waals surface area contributed by atoms with Gasteiger partial charge in [0.2, 0.25) is 0 Å². The van der Waals surface area contributed by atoms with Gasteiger partial charge >= 0.3 is 5.97 Å². The van der Waals surface area contributed by atoms with E-state index in [4.69, 9.17) is 10.8 Å². The average molecular weight is 269 g/mol. The van der Waals surface area contributed by atoms with Gasteiger partial charge in [-0.25, -0.2) is 9.78 Å². The van der Waals surface area contributed by atoms with Crippen molar-refractivity contribution >= 4 is 23.2 Å². The van der Waals surface area contributed by atoms with Gasteiger partial charge in [0.1, 0.15) is 0 Å². The van der Waals surface area contributed by atoms with Gasteiger partial charge < -0.3 is 16.2 Å². The molecule has 1 aromatic heterocycles. The molecule has 0 saturated heterocycles. The number of nitrogen functional groups attached to an aromatic ring is 1. The highest BCUT2D eigenvalue weighted by Gasteiger charge is 2.14. The second kappa shape index (κ2) is 4.85. The largest absolute Gasteiger partial charge is 0.478 e. The SMILES string of the molecule is Nc1c(C(=O)O)ccnc1Nc1ccc2c(c1)CCC2. The third-order valence-electron chi connectivity index (χ3n) is 3.58. The molecule has 0 radical (unpaired) electrons. The second-order valence-corrected chi connectivity index (χ2v) is 4.89. The molecule has 1 aliphatic rings. The molecule has 0 aliphatic heterocycles. The van der Waals surface area contributed by atoms with Crippen molar-refractivity contribution in [2.45, 2.75) is 19.3 Å². The van der Waals surface area contributed by atoms with Crippen LogP contribution in [0.5, 0.6) is 0 Å². The minimum Gasteiger partial charge on any atom is -0.478 e. The van der Waals surface area contributed by atoms with Crippen LogP contribution in [-0.2, 0) is 12.8 Å². The Balaban J connectivity index is 1.92. The quantitative estimate of drug-likeness (QED) is 0.797. The summed E-state index contributed by atoms with van der Waals surface area (Å²) in [6.45, 7) is 0. The van der Waals surface area contributed by atoms with Crippen molar-refractivity contribution in [3.05, 3.63) is 47.2 Å². The maximum Gasteiger partial charge on any atom is 0.337 e. The molecule has 1 aliphatic carbocycles. The van der Waals surface area contributed by atoms with Gasteiger partial charge in [0.25, 0.3) is 0 Å².